The van der Waals surface area contributed by atoms with Crippen LogP contribution in [0, 0.1) is 12.7 Å². The molecule has 6 nitrogen and oxygen atoms in total. The summed E-state index contributed by atoms with van der Waals surface area (Å²) in [6.07, 6.45) is 2.96. The summed E-state index contributed by atoms with van der Waals surface area (Å²) in [5.74, 6) is 0.187. The van der Waals surface area contributed by atoms with Crippen LogP contribution in [0.5, 0.6) is 0 Å². The predicted molar refractivity (Wildman–Crippen MR) is 78.1 cm³/mol. The molecule has 0 aliphatic heterocycles. The topological polar surface area (TPSA) is 78.8 Å². The fraction of sp³-hybridized carbons (Fsp3) is 0.500. The van der Waals surface area contributed by atoms with Crippen molar-refractivity contribution in [1.82, 2.24) is 20.2 Å². The van der Waals surface area contributed by atoms with Gasteiger partial charge in [-0.3, -0.25) is 0 Å². The summed E-state index contributed by atoms with van der Waals surface area (Å²) >= 11 is 0. The van der Waals surface area contributed by atoms with E-state index in [2.05, 4.69) is 15.5 Å². The van der Waals surface area contributed by atoms with Gasteiger partial charge in [-0.05, 0) is 48.7 Å². The zero-order valence-electron chi connectivity index (χ0n) is 12.3. The molecular weight excluding hydrogens is 273 g/mol. The van der Waals surface area contributed by atoms with Gasteiger partial charge in [0.25, 0.3) is 0 Å². The molecule has 2 aromatic rings. The molecule has 2 N–H and O–H groups in total. The van der Waals surface area contributed by atoms with Crippen LogP contribution < -0.4 is 5.73 Å². The summed E-state index contributed by atoms with van der Waals surface area (Å²) in [7, 11) is 1.69. The molecular formula is C14H20FN5O. The monoisotopic (exact) mass is 293 g/mol. The van der Waals surface area contributed by atoms with E-state index in [9.17, 15) is 4.39 Å². The average molecular weight is 293 g/mol. The zero-order chi connectivity index (χ0) is 15.2. The smallest absolute Gasteiger partial charge is 0.182 e. The summed E-state index contributed by atoms with van der Waals surface area (Å²) in [6.45, 7) is 3.08. The van der Waals surface area contributed by atoms with Crippen molar-refractivity contribution < 1.29 is 9.13 Å². The maximum atomic E-state index is 13.8. The third-order valence-electron chi connectivity index (χ3n) is 3.39. The number of aryl methyl sites for hydroxylation is 1. The number of anilines is 1. The molecule has 7 heteroatoms. The van der Waals surface area contributed by atoms with Crippen LogP contribution in [0.15, 0.2) is 12.1 Å². The summed E-state index contributed by atoms with van der Waals surface area (Å²) in [6, 6.07) is 3.12. The van der Waals surface area contributed by atoms with E-state index in [0.717, 1.165) is 25.9 Å². The molecule has 114 valence electrons. The lowest BCUT2D eigenvalue weighted by atomic mass is 10.1. The van der Waals surface area contributed by atoms with Gasteiger partial charge in [-0.15, -0.1) is 5.10 Å². The molecule has 0 saturated carbocycles. The molecule has 0 fully saturated rings. The molecule has 1 aromatic carbocycles. The van der Waals surface area contributed by atoms with E-state index in [0.29, 0.717) is 29.2 Å². The number of halogens is 1. The normalized spacial score (nSPS) is 11.0. The van der Waals surface area contributed by atoms with Crippen LogP contribution in [-0.4, -0.2) is 33.9 Å². The van der Waals surface area contributed by atoms with E-state index in [1.54, 1.807) is 24.8 Å². The van der Waals surface area contributed by atoms with Gasteiger partial charge in [0, 0.05) is 37.1 Å². The fourth-order valence-corrected chi connectivity index (χ4v) is 2.08. The lowest BCUT2D eigenvalue weighted by molar-refractivity contribution is 0.191. The van der Waals surface area contributed by atoms with Crippen molar-refractivity contribution >= 4 is 5.69 Å². The highest BCUT2D eigenvalue weighted by Gasteiger charge is 2.12. The van der Waals surface area contributed by atoms with E-state index in [1.165, 1.54) is 6.07 Å². The largest absolute Gasteiger partial charge is 0.398 e. The van der Waals surface area contributed by atoms with Crippen LogP contribution in [0.3, 0.4) is 0 Å². The van der Waals surface area contributed by atoms with Crippen LogP contribution >= 0.6 is 0 Å². The Labute approximate surface area is 123 Å². The predicted octanol–water partition coefficient (Wildman–Crippen LogP) is 2.19. The highest BCUT2D eigenvalue weighted by atomic mass is 19.1. The highest BCUT2D eigenvalue weighted by molar-refractivity contribution is 5.63. The van der Waals surface area contributed by atoms with E-state index in [4.69, 9.17) is 10.5 Å². The molecule has 21 heavy (non-hydrogen) atoms. The minimum Gasteiger partial charge on any atom is -0.398 e. The summed E-state index contributed by atoms with van der Waals surface area (Å²) < 4.78 is 20.5. The Morgan fingerprint density at radius 2 is 2.10 bits per heavy atom. The highest BCUT2D eigenvalue weighted by Crippen LogP contribution is 2.24. The van der Waals surface area contributed by atoms with Gasteiger partial charge >= 0.3 is 0 Å². The minimum atomic E-state index is -0.348. The molecule has 0 spiro atoms. The van der Waals surface area contributed by atoms with Gasteiger partial charge in [-0.1, -0.05) is 0 Å². The van der Waals surface area contributed by atoms with Crippen molar-refractivity contribution in [1.29, 1.82) is 0 Å². The van der Waals surface area contributed by atoms with Gasteiger partial charge in [0.2, 0.25) is 0 Å². The first-order valence-electron chi connectivity index (χ1n) is 6.94. The van der Waals surface area contributed by atoms with Gasteiger partial charge in [-0.25, -0.2) is 9.07 Å². The Balaban J connectivity index is 2.09. The first kappa shape index (κ1) is 15.4. The third kappa shape index (κ3) is 3.75. The Kier molecular flexibility index (Phi) is 5.21. The second-order valence-corrected chi connectivity index (χ2v) is 4.95. The fourth-order valence-electron chi connectivity index (χ4n) is 2.08. The number of tetrazole rings is 1. The van der Waals surface area contributed by atoms with Crippen molar-refractivity contribution in [2.75, 3.05) is 19.5 Å². The molecule has 0 aliphatic rings. The molecule has 2 rings (SSSR count). The number of nitrogens with two attached hydrogens (primary N) is 1. The van der Waals surface area contributed by atoms with Crippen molar-refractivity contribution in [3.8, 4) is 11.4 Å². The molecule has 0 amide bonds. The number of hydrogen-bond acceptors (Lipinski definition) is 5. The number of rotatable bonds is 7. The maximum absolute atomic E-state index is 13.8. The first-order chi connectivity index (χ1) is 10.1. The average Bonchev–Trinajstić information content (AvgIpc) is 2.92. The number of hydrogen-bond donors (Lipinski definition) is 1. The molecule has 1 heterocycles. The number of unbranched alkanes of at least 4 members (excludes halogenated alkanes) is 2. The van der Waals surface area contributed by atoms with Crippen LogP contribution in [-0.2, 0) is 11.3 Å². The first-order valence-corrected chi connectivity index (χ1v) is 6.94. The van der Waals surface area contributed by atoms with Crippen molar-refractivity contribution in [2.45, 2.75) is 32.7 Å². The number of nitrogens with zero attached hydrogens (tertiary/aromatic N) is 4. The van der Waals surface area contributed by atoms with E-state index < -0.39 is 0 Å². The SMILES string of the molecule is COCCCCCn1nnnc1-c1cc(N)c(C)c(F)c1. The number of ether oxygens (including phenoxy) is 1. The molecule has 0 saturated heterocycles. The Bertz CT molecular complexity index is 576. The van der Waals surface area contributed by atoms with Crippen molar-refractivity contribution in [2.24, 2.45) is 0 Å². The van der Waals surface area contributed by atoms with E-state index >= 15 is 0 Å². The molecule has 0 aliphatic carbocycles. The summed E-state index contributed by atoms with van der Waals surface area (Å²) in [5.41, 5.74) is 7.24. The van der Waals surface area contributed by atoms with Crippen molar-refractivity contribution in [3.63, 3.8) is 0 Å². The van der Waals surface area contributed by atoms with Crippen LogP contribution in [0.25, 0.3) is 11.4 Å². The van der Waals surface area contributed by atoms with E-state index in [1.807, 2.05) is 0 Å². The summed E-state index contributed by atoms with van der Waals surface area (Å²) in [5, 5.41) is 11.6. The standard InChI is InChI=1S/C14H20FN5O/c1-10-12(15)8-11(9-13(10)16)14-17-18-19-20(14)6-4-3-5-7-21-2/h8-9H,3-7,16H2,1-2H3. The van der Waals surface area contributed by atoms with Crippen molar-refractivity contribution in [3.05, 3.63) is 23.5 Å². The summed E-state index contributed by atoms with van der Waals surface area (Å²) in [4.78, 5) is 0. The van der Waals surface area contributed by atoms with E-state index in [-0.39, 0.29) is 5.82 Å². The molecule has 0 unspecified atom stereocenters. The lowest BCUT2D eigenvalue weighted by Gasteiger charge is -2.07. The lowest BCUT2D eigenvalue weighted by Crippen LogP contribution is -2.04. The second-order valence-electron chi connectivity index (χ2n) is 4.95. The zero-order valence-corrected chi connectivity index (χ0v) is 12.3. The van der Waals surface area contributed by atoms with Gasteiger partial charge in [0.15, 0.2) is 5.82 Å². The number of nitrogen functional groups attached to an aromatic ring is 1. The molecule has 0 atom stereocenters. The second kappa shape index (κ2) is 7.12. The Hall–Kier alpha value is -2.02. The maximum Gasteiger partial charge on any atom is 0.182 e. The van der Waals surface area contributed by atoms with Crippen LogP contribution in [0.2, 0.25) is 0 Å². The Morgan fingerprint density at radius 1 is 1.29 bits per heavy atom. The van der Waals surface area contributed by atoms with Gasteiger partial charge in [0.1, 0.15) is 5.82 Å². The van der Waals surface area contributed by atoms with Crippen LogP contribution in [0.4, 0.5) is 10.1 Å². The molecule has 0 radical (unpaired) electrons. The van der Waals surface area contributed by atoms with Gasteiger partial charge in [-0.2, -0.15) is 0 Å². The van der Waals surface area contributed by atoms with Gasteiger partial charge in [0.05, 0.1) is 0 Å². The minimum absolute atomic E-state index is 0.348. The molecule has 1 aromatic heterocycles. The number of aromatic nitrogens is 4. The molecule has 0 bridgehead atoms. The van der Waals surface area contributed by atoms with Crippen LogP contribution in [0.1, 0.15) is 24.8 Å². The Morgan fingerprint density at radius 3 is 2.81 bits per heavy atom. The van der Waals surface area contributed by atoms with Gasteiger partial charge < -0.3 is 10.5 Å². The third-order valence-corrected chi connectivity index (χ3v) is 3.39. The number of methoxy groups -OCH3 is 1. The quantitative estimate of drug-likeness (QED) is 0.625. The number of benzene rings is 1.